The van der Waals surface area contributed by atoms with Gasteiger partial charge < -0.3 is 37.2 Å². The molecule has 1 aromatic carbocycles. The molecule has 13 heteroatoms. The summed E-state index contributed by atoms with van der Waals surface area (Å²) < 4.78 is 2.16. The quantitative estimate of drug-likeness (QED) is 0.163. The summed E-state index contributed by atoms with van der Waals surface area (Å²) in [6.07, 6.45) is 8.78. The van der Waals surface area contributed by atoms with Crippen molar-refractivity contribution in [2.75, 3.05) is 50.5 Å². The van der Waals surface area contributed by atoms with E-state index >= 15 is 0 Å². The zero-order chi connectivity index (χ0) is 33.4. The van der Waals surface area contributed by atoms with Crippen LogP contribution in [-0.2, 0) is 17.9 Å². The van der Waals surface area contributed by atoms with E-state index in [1.165, 1.54) is 0 Å². The van der Waals surface area contributed by atoms with E-state index < -0.39 is 0 Å². The molecule has 3 fully saturated rings. The average molecular weight is 652 g/mol. The number of nitrogens with one attached hydrogen (secondary N) is 3. The highest BCUT2D eigenvalue weighted by molar-refractivity contribution is 5.96. The number of carbonyl (C=O) groups is 2. The number of hydrogen-bond acceptors (Lipinski definition) is 10. The Labute approximate surface area is 281 Å². The van der Waals surface area contributed by atoms with Gasteiger partial charge in [-0.15, -0.1) is 0 Å². The predicted molar refractivity (Wildman–Crippen MR) is 185 cm³/mol. The van der Waals surface area contributed by atoms with Gasteiger partial charge in [-0.05, 0) is 50.3 Å². The number of nitrogens with two attached hydrogens (primary N) is 2. The lowest BCUT2D eigenvalue weighted by molar-refractivity contribution is -0.118. The number of pyridine rings is 1. The van der Waals surface area contributed by atoms with E-state index in [0.717, 1.165) is 92.2 Å². The smallest absolute Gasteiger partial charge is 0.272 e. The predicted octanol–water partition coefficient (Wildman–Crippen LogP) is 2.46. The van der Waals surface area contributed by atoms with Crippen molar-refractivity contribution in [1.29, 1.82) is 0 Å². The number of amides is 2. The number of allylic oxidation sites excluding steroid dienone is 1. The first kappa shape index (κ1) is 31.6. The first-order chi connectivity index (χ1) is 23.3. The minimum atomic E-state index is -0.308. The molecule has 7 rings (SSSR count). The van der Waals surface area contributed by atoms with E-state index in [1.54, 1.807) is 13.1 Å². The van der Waals surface area contributed by atoms with E-state index in [9.17, 15) is 9.59 Å². The maximum Gasteiger partial charge on any atom is 0.272 e. The van der Waals surface area contributed by atoms with Crippen molar-refractivity contribution in [1.82, 2.24) is 35.2 Å². The van der Waals surface area contributed by atoms with E-state index in [4.69, 9.17) is 21.5 Å². The summed E-state index contributed by atoms with van der Waals surface area (Å²) >= 11 is 0. The summed E-state index contributed by atoms with van der Waals surface area (Å²) in [7, 11) is 3.78. The molecular weight excluding hydrogens is 606 g/mol. The molecule has 3 aromatic rings. The zero-order valence-corrected chi connectivity index (χ0v) is 27.7. The van der Waals surface area contributed by atoms with Crippen LogP contribution in [-0.4, -0.2) is 82.7 Å². The molecule has 7 N–H and O–H groups in total. The standard InChI is InChI=1S/C35H45N11O2/c1-38-31(36)16-29(32(37)34(47)41-22-8-5-9-22)42-27-12-7-11-25-26-17-39-46(30(26)21-43(2)33(25)27)24-19-44(20-24)18-23-10-6-13-28(40-23)35(48)45-14-3-4-15-45/h6-7,10-13,16-17,22,24,38,42H,3-5,8-9,14-15,18-21,36-37H2,1-2H3,(H,41,47)/b31-16+,32-29+. The molecule has 4 aliphatic rings. The number of para-hydroxylation sites is 1. The molecule has 0 spiro atoms. The van der Waals surface area contributed by atoms with E-state index in [1.807, 2.05) is 41.4 Å². The van der Waals surface area contributed by atoms with Gasteiger partial charge in [0.25, 0.3) is 11.8 Å². The highest BCUT2D eigenvalue weighted by atomic mass is 16.2. The Kier molecular flexibility index (Phi) is 8.69. The second kappa shape index (κ2) is 13.2. The van der Waals surface area contributed by atoms with Gasteiger partial charge in [0.05, 0.1) is 53.1 Å². The molecule has 252 valence electrons. The summed E-state index contributed by atoms with van der Waals surface area (Å²) in [5.41, 5.74) is 19.6. The van der Waals surface area contributed by atoms with E-state index in [0.29, 0.717) is 30.3 Å². The number of nitrogens with zero attached hydrogens (tertiary/aromatic N) is 6. The Bertz CT molecular complexity index is 1760. The topological polar surface area (TPSA) is 163 Å². The number of rotatable bonds is 10. The third-order valence-electron chi connectivity index (χ3n) is 9.92. The van der Waals surface area contributed by atoms with E-state index in [2.05, 4.69) is 43.5 Å². The van der Waals surface area contributed by atoms with Crippen molar-refractivity contribution in [2.45, 2.75) is 57.3 Å². The SMILES string of the molecule is CN/C(N)=C/C(Nc1cccc2c1N(C)Cc1c-2cnn1C1CN(Cc2cccc(C(=O)N3CCCC3)n2)C1)=C(\N)C(=O)NC1CCC1. The molecule has 1 saturated carbocycles. The minimum absolute atomic E-state index is 0.0329. The van der Waals surface area contributed by atoms with Crippen LogP contribution in [0.3, 0.4) is 0 Å². The van der Waals surface area contributed by atoms with Crippen LogP contribution in [0.2, 0.25) is 0 Å². The fourth-order valence-corrected chi connectivity index (χ4v) is 6.98. The lowest BCUT2D eigenvalue weighted by Crippen LogP contribution is -2.48. The van der Waals surface area contributed by atoms with Gasteiger partial charge in [-0.1, -0.05) is 18.2 Å². The number of hydrogen-bond donors (Lipinski definition) is 5. The number of likely N-dealkylation sites (tertiary alicyclic amines) is 2. The molecule has 0 radical (unpaired) electrons. The number of benzene rings is 1. The second-order valence-corrected chi connectivity index (χ2v) is 13.3. The first-order valence-corrected chi connectivity index (χ1v) is 16.9. The van der Waals surface area contributed by atoms with Gasteiger partial charge in [0.2, 0.25) is 0 Å². The molecule has 5 heterocycles. The maximum absolute atomic E-state index is 13.0. The molecule has 2 aromatic heterocycles. The third-order valence-corrected chi connectivity index (χ3v) is 9.92. The maximum atomic E-state index is 13.0. The molecule has 13 nitrogen and oxygen atoms in total. The summed E-state index contributed by atoms with van der Waals surface area (Å²) in [4.78, 5) is 37.0. The van der Waals surface area contributed by atoms with Crippen LogP contribution < -0.4 is 32.3 Å². The van der Waals surface area contributed by atoms with Crippen molar-refractivity contribution in [2.24, 2.45) is 11.5 Å². The minimum Gasteiger partial charge on any atom is -0.393 e. The molecule has 0 unspecified atom stereocenters. The van der Waals surface area contributed by atoms with E-state index in [-0.39, 0.29) is 29.6 Å². The Morgan fingerprint density at radius 3 is 2.52 bits per heavy atom. The molecule has 3 aliphatic heterocycles. The van der Waals surface area contributed by atoms with Gasteiger partial charge in [-0.3, -0.25) is 19.2 Å². The van der Waals surface area contributed by atoms with Gasteiger partial charge in [0, 0.05) is 70.1 Å². The largest absolute Gasteiger partial charge is 0.393 e. The van der Waals surface area contributed by atoms with Crippen LogP contribution in [0.15, 0.2) is 65.9 Å². The Hall–Kier alpha value is -5.04. The third kappa shape index (κ3) is 6.17. The molecule has 2 saturated heterocycles. The average Bonchev–Trinajstić information content (AvgIpc) is 3.74. The second-order valence-electron chi connectivity index (χ2n) is 13.3. The summed E-state index contributed by atoms with van der Waals surface area (Å²) in [6.45, 7) is 4.72. The number of aromatic nitrogens is 3. The molecule has 48 heavy (non-hydrogen) atoms. The van der Waals surface area contributed by atoms with Crippen LogP contribution in [0.1, 0.15) is 60.0 Å². The van der Waals surface area contributed by atoms with Gasteiger partial charge in [0.1, 0.15) is 11.4 Å². The highest BCUT2D eigenvalue weighted by Gasteiger charge is 2.34. The van der Waals surface area contributed by atoms with Crippen molar-refractivity contribution in [3.05, 3.63) is 83.0 Å². The lowest BCUT2D eigenvalue weighted by Gasteiger charge is -2.40. The van der Waals surface area contributed by atoms with Gasteiger partial charge in [0.15, 0.2) is 0 Å². The normalized spacial score (nSPS) is 18.8. The fraction of sp³-hybridized carbons (Fsp3) is 0.429. The molecular formula is C35H45N11O2. The van der Waals surface area contributed by atoms with Crippen LogP contribution >= 0.6 is 0 Å². The molecule has 0 bridgehead atoms. The lowest BCUT2D eigenvalue weighted by atomic mass is 9.93. The van der Waals surface area contributed by atoms with Gasteiger partial charge in [-0.25, -0.2) is 4.98 Å². The summed E-state index contributed by atoms with van der Waals surface area (Å²) in [5.74, 6) is 0.107. The molecule has 0 atom stereocenters. The number of anilines is 2. The summed E-state index contributed by atoms with van der Waals surface area (Å²) in [6, 6.07) is 12.2. The van der Waals surface area contributed by atoms with Crippen LogP contribution in [0.5, 0.6) is 0 Å². The monoisotopic (exact) mass is 651 g/mol. The Morgan fingerprint density at radius 2 is 1.79 bits per heavy atom. The van der Waals surface area contributed by atoms with Gasteiger partial charge in [-0.2, -0.15) is 5.10 Å². The van der Waals surface area contributed by atoms with Crippen molar-refractivity contribution in [3.63, 3.8) is 0 Å². The molecule has 1 aliphatic carbocycles. The van der Waals surface area contributed by atoms with Crippen molar-refractivity contribution < 1.29 is 9.59 Å². The van der Waals surface area contributed by atoms with Crippen LogP contribution in [0, 0.1) is 0 Å². The zero-order valence-electron chi connectivity index (χ0n) is 27.7. The Morgan fingerprint density at radius 1 is 1.02 bits per heavy atom. The van der Waals surface area contributed by atoms with Crippen molar-refractivity contribution in [3.8, 4) is 11.1 Å². The summed E-state index contributed by atoms with van der Waals surface area (Å²) in [5, 5.41) is 14.2. The van der Waals surface area contributed by atoms with Gasteiger partial charge >= 0.3 is 0 Å². The van der Waals surface area contributed by atoms with Crippen molar-refractivity contribution >= 4 is 23.2 Å². The van der Waals surface area contributed by atoms with Crippen LogP contribution in [0.4, 0.5) is 11.4 Å². The van der Waals surface area contributed by atoms with Crippen LogP contribution in [0.25, 0.3) is 11.1 Å². The highest BCUT2D eigenvalue weighted by Crippen LogP contribution is 2.44. The fourth-order valence-electron chi connectivity index (χ4n) is 6.98. The Balaban J connectivity index is 1.07. The molecule has 2 amide bonds. The first-order valence-electron chi connectivity index (χ1n) is 16.9. The number of fused-ring (bicyclic) bond motifs is 3. The number of carbonyl (C=O) groups excluding carboxylic acids is 2.